The van der Waals surface area contributed by atoms with Crippen LogP contribution in [0.1, 0.15) is 40.9 Å². The molecule has 6 rings (SSSR count). The van der Waals surface area contributed by atoms with E-state index >= 15 is 0 Å². The number of nitrogens with one attached hydrogen (secondary N) is 4. The number of pyridine rings is 1. The minimum atomic E-state index is -1.29. The molecule has 5 N–H and O–H groups in total. The summed E-state index contributed by atoms with van der Waals surface area (Å²) in [4.78, 5) is 57.3. The van der Waals surface area contributed by atoms with Crippen LogP contribution in [0.3, 0.4) is 0 Å². The molecule has 4 aromatic rings. The SMILES string of the molecule is Cc1cc(Oc2ccccc2)ccc1N1C(=O)Nc2c(C(=O)N[C@@H]3CCCC[C@H]3NC(=O)CNC(=O)O)sc3nccc1c23. The number of anilines is 3. The normalized spacial score (nSPS) is 17.5. The fourth-order valence-electron chi connectivity index (χ4n) is 5.67. The number of carbonyl (C=O) groups is 4. The molecule has 1 fully saturated rings. The number of ether oxygens (including phenoxy) is 1. The van der Waals surface area contributed by atoms with Crippen LogP contribution < -0.4 is 30.9 Å². The zero-order valence-electron chi connectivity index (χ0n) is 23.8. The van der Waals surface area contributed by atoms with E-state index in [4.69, 9.17) is 9.84 Å². The molecule has 2 aromatic heterocycles. The first kappa shape index (κ1) is 28.9. The maximum absolute atomic E-state index is 13.6. The van der Waals surface area contributed by atoms with Gasteiger partial charge in [0.05, 0.1) is 29.0 Å². The number of nitrogens with zero attached hydrogens (tertiary/aromatic N) is 2. The first-order valence-corrected chi connectivity index (χ1v) is 15.0. The fraction of sp³-hybridized carbons (Fsp3) is 0.258. The summed E-state index contributed by atoms with van der Waals surface area (Å²) in [5, 5.41) is 20.3. The average Bonchev–Trinajstić information content (AvgIpc) is 3.38. The molecule has 1 aliphatic heterocycles. The third-order valence-corrected chi connectivity index (χ3v) is 8.77. The minimum Gasteiger partial charge on any atom is -0.465 e. The van der Waals surface area contributed by atoms with E-state index < -0.39 is 18.0 Å². The molecule has 3 heterocycles. The van der Waals surface area contributed by atoms with Crippen LogP contribution in [-0.4, -0.2) is 52.7 Å². The van der Waals surface area contributed by atoms with Gasteiger partial charge < -0.3 is 31.1 Å². The highest BCUT2D eigenvalue weighted by Crippen LogP contribution is 2.46. The van der Waals surface area contributed by atoms with Crippen molar-refractivity contribution < 1.29 is 29.0 Å². The molecule has 1 saturated carbocycles. The topological polar surface area (TPSA) is 162 Å². The van der Waals surface area contributed by atoms with E-state index in [0.29, 0.717) is 56.5 Å². The number of carbonyl (C=O) groups excluding carboxylic acids is 3. The van der Waals surface area contributed by atoms with Crippen molar-refractivity contribution in [1.82, 2.24) is 20.9 Å². The van der Waals surface area contributed by atoms with Gasteiger partial charge in [0.15, 0.2) is 0 Å². The summed E-state index contributed by atoms with van der Waals surface area (Å²) in [6.45, 7) is 1.53. The summed E-state index contributed by atoms with van der Waals surface area (Å²) in [7, 11) is 0. The Hall–Kier alpha value is -5.17. The van der Waals surface area contributed by atoms with Gasteiger partial charge in [0.1, 0.15) is 21.2 Å². The van der Waals surface area contributed by atoms with Gasteiger partial charge in [0.2, 0.25) is 5.91 Å². The van der Waals surface area contributed by atoms with Crippen molar-refractivity contribution in [1.29, 1.82) is 0 Å². The number of para-hydroxylation sites is 1. The van der Waals surface area contributed by atoms with E-state index in [0.717, 1.165) is 18.4 Å². The Balaban J connectivity index is 1.25. The first-order chi connectivity index (χ1) is 21.3. The molecule has 5 amide bonds. The average molecular weight is 615 g/mol. The van der Waals surface area contributed by atoms with Crippen LogP contribution in [-0.2, 0) is 4.79 Å². The number of hydrogen-bond donors (Lipinski definition) is 5. The molecule has 0 bridgehead atoms. The largest absolute Gasteiger partial charge is 0.465 e. The van der Waals surface area contributed by atoms with E-state index in [2.05, 4.69) is 26.3 Å². The lowest BCUT2D eigenvalue weighted by Crippen LogP contribution is -2.54. The van der Waals surface area contributed by atoms with Crippen LogP contribution in [0.4, 0.5) is 26.7 Å². The molecular weight excluding hydrogens is 584 g/mol. The number of benzene rings is 2. The third kappa shape index (κ3) is 5.86. The second-order valence-electron chi connectivity index (χ2n) is 10.6. The van der Waals surface area contributed by atoms with E-state index in [1.165, 1.54) is 11.3 Å². The zero-order chi connectivity index (χ0) is 30.8. The Kier molecular flexibility index (Phi) is 8.03. The van der Waals surface area contributed by atoms with Crippen molar-refractivity contribution in [2.24, 2.45) is 0 Å². The molecule has 13 heteroatoms. The summed E-state index contributed by atoms with van der Waals surface area (Å²) in [6, 6.07) is 15.6. The van der Waals surface area contributed by atoms with Gasteiger partial charge >= 0.3 is 12.1 Å². The van der Waals surface area contributed by atoms with E-state index in [1.54, 1.807) is 23.2 Å². The van der Waals surface area contributed by atoms with Crippen molar-refractivity contribution >= 4 is 62.6 Å². The van der Waals surface area contributed by atoms with Gasteiger partial charge in [-0.25, -0.2) is 14.6 Å². The van der Waals surface area contributed by atoms with E-state index in [-0.39, 0.29) is 24.5 Å². The number of aromatic nitrogens is 1. The van der Waals surface area contributed by atoms with Crippen molar-refractivity contribution in [3.63, 3.8) is 0 Å². The second kappa shape index (κ2) is 12.2. The Morgan fingerprint density at radius 1 is 1.02 bits per heavy atom. The molecular formula is C31H30N6O6S. The Morgan fingerprint density at radius 2 is 1.77 bits per heavy atom. The number of hydrogen-bond acceptors (Lipinski definition) is 7. The standard InChI is InChI=1S/C31H30N6O6S/c1-17-15-19(43-18-7-3-2-4-8-18)11-12-22(17)37-23-13-14-32-29-25(23)26(36-30(37)40)27(44-29)28(39)35-21-10-6-5-9-20(21)34-24(38)16-33-31(41)42/h2-4,7-8,11-15,20-21,33H,5-6,9-10,16H2,1H3,(H,34,38)(H,35,39)(H,36,40)(H,41,42)/t20-,21-/m1/s1. The maximum Gasteiger partial charge on any atom is 0.405 e. The summed E-state index contributed by atoms with van der Waals surface area (Å²) >= 11 is 1.19. The van der Waals surface area contributed by atoms with E-state index in [9.17, 15) is 19.2 Å². The maximum atomic E-state index is 13.6. The summed E-state index contributed by atoms with van der Waals surface area (Å²) < 4.78 is 5.96. The highest BCUT2D eigenvalue weighted by atomic mass is 32.1. The summed E-state index contributed by atoms with van der Waals surface area (Å²) in [6.07, 6.45) is 3.37. The van der Waals surface area contributed by atoms with Crippen LogP contribution >= 0.6 is 11.3 Å². The number of urea groups is 1. The van der Waals surface area contributed by atoms with Crippen molar-refractivity contribution in [2.45, 2.75) is 44.7 Å². The molecule has 0 saturated heterocycles. The van der Waals surface area contributed by atoms with Gasteiger partial charge in [-0.15, -0.1) is 11.3 Å². The molecule has 0 radical (unpaired) electrons. The monoisotopic (exact) mass is 614 g/mol. The van der Waals surface area contributed by atoms with Gasteiger partial charge in [-0.1, -0.05) is 31.0 Å². The fourth-order valence-corrected chi connectivity index (χ4v) is 6.70. The van der Waals surface area contributed by atoms with Gasteiger partial charge in [-0.05, 0) is 61.7 Å². The lowest BCUT2D eigenvalue weighted by molar-refractivity contribution is -0.121. The number of thiophene rings is 1. The molecule has 0 unspecified atom stereocenters. The number of aryl methyl sites for hydroxylation is 1. The lowest BCUT2D eigenvalue weighted by Gasteiger charge is -2.33. The quantitative estimate of drug-likeness (QED) is 0.175. The molecule has 226 valence electrons. The molecule has 0 spiro atoms. The molecule has 2 atom stereocenters. The molecule has 44 heavy (non-hydrogen) atoms. The van der Waals surface area contributed by atoms with Gasteiger partial charge in [-0.3, -0.25) is 14.5 Å². The summed E-state index contributed by atoms with van der Waals surface area (Å²) in [5.41, 5.74) is 2.49. The molecule has 2 aromatic carbocycles. The minimum absolute atomic E-state index is 0.319. The molecule has 12 nitrogen and oxygen atoms in total. The highest BCUT2D eigenvalue weighted by Gasteiger charge is 2.35. The molecule has 1 aliphatic carbocycles. The number of rotatable bonds is 8. The van der Waals surface area contributed by atoms with Crippen molar-refractivity contribution in [2.75, 3.05) is 16.8 Å². The van der Waals surface area contributed by atoms with Gasteiger partial charge in [0.25, 0.3) is 5.91 Å². The van der Waals surface area contributed by atoms with Crippen LogP contribution in [0.15, 0.2) is 60.8 Å². The van der Waals surface area contributed by atoms with Crippen LogP contribution in [0.5, 0.6) is 11.5 Å². The van der Waals surface area contributed by atoms with E-state index in [1.807, 2.05) is 49.4 Å². The van der Waals surface area contributed by atoms with Crippen molar-refractivity contribution in [3.05, 3.63) is 71.2 Å². The predicted octanol–water partition coefficient (Wildman–Crippen LogP) is 5.51. The predicted molar refractivity (Wildman–Crippen MR) is 166 cm³/mol. The van der Waals surface area contributed by atoms with Crippen molar-refractivity contribution in [3.8, 4) is 11.5 Å². The van der Waals surface area contributed by atoms with Crippen LogP contribution in [0.2, 0.25) is 0 Å². The van der Waals surface area contributed by atoms with Crippen LogP contribution in [0.25, 0.3) is 10.2 Å². The van der Waals surface area contributed by atoms with Crippen LogP contribution in [0, 0.1) is 6.92 Å². The summed E-state index contributed by atoms with van der Waals surface area (Å²) in [5.74, 6) is 0.500. The number of amides is 5. The van der Waals surface area contributed by atoms with Gasteiger partial charge in [-0.2, -0.15) is 0 Å². The highest BCUT2D eigenvalue weighted by molar-refractivity contribution is 7.21. The Morgan fingerprint density at radius 3 is 2.50 bits per heavy atom. The lowest BCUT2D eigenvalue weighted by atomic mass is 9.90. The third-order valence-electron chi connectivity index (χ3n) is 7.67. The zero-order valence-corrected chi connectivity index (χ0v) is 24.6. The van der Waals surface area contributed by atoms with Gasteiger partial charge in [0, 0.05) is 18.3 Å². The Labute approximate surface area is 256 Å². The second-order valence-corrected chi connectivity index (χ2v) is 11.6. The Bertz CT molecular complexity index is 1760. The smallest absolute Gasteiger partial charge is 0.405 e. The number of carboxylic acid groups (broad SMARTS) is 1. The molecule has 2 aliphatic rings. The first-order valence-electron chi connectivity index (χ1n) is 14.2.